The topological polar surface area (TPSA) is 129 Å². The number of fused-ring (bicyclic) bond motifs is 3. The summed E-state index contributed by atoms with van der Waals surface area (Å²) in [6, 6.07) is 13.8. The van der Waals surface area contributed by atoms with E-state index in [0.29, 0.717) is 44.6 Å². The first-order chi connectivity index (χ1) is 17.9. The van der Waals surface area contributed by atoms with Crippen molar-refractivity contribution in [1.29, 1.82) is 0 Å². The molecule has 1 aliphatic rings. The smallest absolute Gasteiger partial charge is 0.320 e. The van der Waals surface area contributed by atoms with Crippen LogP contribution in [-0.4, -0.2) is 34.2 Å². The molecule has 5 rings (SSSR count). The van der Waals surface area contributed by atoms with Crippen LogP contribution in [0.1, 0.15) is 49.2 Å². The highest BCUT2D eigenvalue weighted by Crippen LogP contribution is 2.35. The minimum absolute atomic E-state index is 0.187. The van der Waals surface area contributed by atoms with Gasteiger partial charge in [-0.25, -0.2) is 0 Å². The number of esters is 1. The third-order valence-electron chi connectivity index (χ3n) is 6.90. The number of amides is 1. The van der Waals surface area contributed by atoms with Gasteiger partial charge in [-0.1, -0.05) is 53.2 Å². The Morgan fingerprint density at radius 3 is 2.73 bits per heavy atom. The SMILES string of the molecule is Cc1onc2c1c(=O)n(C1CCCC(NC(=O)[C@@H](OC(=O)CN)c3ccccc3)C1)c1cccc(Cl)c21. The van der Waals surface area contributed by atoms with Crippen LogP contribution < -0.4 is 16.6 Å². The quantitative estimate of drug-likeness (QED) is 0.367. The van der Waals surface area contributed by atoms with Crippen molar-refractivity contribution in [3.8, 4) is 0 Å². The fourth-order valence-electron chi connectivity index (χ4n) is 5.22. The molecule has 3 N–H and O–H groups in total. The summed E-state index contributed by atoms with van der Waals surface area (Å²) in [5, 5.41) is 8.70. The van der Waals surface area contributed by atoms with Crippen LogP contribution in [0, 0.1) is 6.92 Å². The van der Waals surface area contributed by atoms with E-state index >= 15 is 0 Å². The highest BCUT2D eigenvalue weighted by Gasteiger charge is 2.31. The van der Waals surface area contributed by atoms with Gasteiger partial charge in [0.1, 0.15) is 16.7 Å². The predicted octanol–water partition coefficient (Wildman–Crippen LogP) is 3.95. The van der Waals surface area contributed by atoms with E-state index in [1.54, 1.807) is 47.9 Å². The highest BCUT2D eigenvalue weighted by molar-refractivity contribution is 6.37. The number of carbonyl (C=O) groups is 2. The highest BCUT2D eigenvalue weighted by atomic mass is 35.5. The van der Waals surface area contributed by atoms with Gasteiger partial charge < -0.3 is 24.9 Å². The normalized spacial score (nSPS) is 18.6. The number of hydrogen-bond donors (Lipinski definition) is 2. The Hall–Kier alpha value is -3.69. The number of halogens is 1. The van der Waals surface area contributed by atoms with E-state index in [9.17, 15) is 14.4 Å². The van der Waals surface area contributed by atoms with Gasteiger partial charge in [0.2, 0.25) is 6.10 Å². The monoisotopic (exact) mass is 522 g/mol. The summed E-state index contributed by atoms with van der Waals surface area (Å²) < 4.78 is 12.5. The maximum atomic E-state index is 13.7. The van der Waals surface area contributed by atoms with E-state index in [1.807, 2.05) is 12.1 Å². The lowest BCUT2D eigenvalue weighted by atomic mass is 9.89. The summed E-state index contributed by atoms with van der Waals surface area (Å²) in [6.07, 6.45) is 1.69. The number of carbonyl (C=O) groups excluding carboxylic acids is 2. The van der Waals surface area contributed by atoms with Gasteiger partial charge in [-0.2, -0.15) is 0 Å². The van der Waals surface area contributed by atoms with E-state index in [4.69, 9.17) is 26.6 Å². The first-order valence-electron chi connectivity index (χ1n) is 12.2. The molecule has 192 valence electrons. The van der Waals surface area contributed by atoms with Crippen molar-refractivity contribution in [2.45, 2.75) is 50.8 Å². The van der Waals surface area contributed by atoms with Crippen LogP contribution in [0.25, 0.3) is 21.8 Å². The van der Waals surface area contributed by atoms with Gasteiger partial charge in [0.15, 0.2) is 0 Å². The van der Waals surface area contributed by atoms with Crippen LogP contribution in [0.3, 0.4) is 0 Å². The predicted molar refractivity (Wildman–Crippen MR) is 139 cm³/mol. The third kappa shape index (κ3) is 4.72. The summed E-state index contributed by atoms with van der Waals surface area (Å²) in [6.45, 7) is 1.38. The molecule has 0 aliphatic heterocycles. The molecule has 2 aromatic carbocycles. The van der Waals surface area contributed by atoms with Gasteiger partial charge in [-0.15, -0.1) is 0 Å². The lowest BCUT2D eigenvalue weighted by Crippen LogP contribution is -2.43. The van der Waals surface area contributed by atoms with Crippen LogP contribution in [0.5, 0.6) is 0 Å². The number of hydrogen-bond acceptors (Lipinski definition) is 7. The Kier molecular flexibility index (Phi) is 6.99. The number of nitrogens with two attached hydrogens (primary N) is 1. The molecule has 2 unspecified atom stereocenters. The standard InChI is InChI=1S/C27H27ClN4O5/c1-15-22-24(31-37-15)23-19(28)11-6-12-20(23)32(27(22)35)18-10-5-9-17(13-18)30-26(34)25(36-21(33)14-29)16-7-3-2-4-8-16/h2-4,6-8,11-12,17-18,25H,5,9-10,13-14,29H2,1H3,(H,30,34)/t17?,18?,25-/m0/s1. The first-order valence-corrected chi connectivity index (χ1v) is 12.6. The van der Waals surface area contributed by atoms with E-state index in [-0.39, 0.29) is 24.2 Å². The maximum Gasteiger partial charge on any atom is 0.320 e. The van der Waals surface area contributed by atoms with Crippen LogP contribution >= 0.6 is 11.6 Å². The van der Waals surface area contributed by atoms with E-state index < -0.39 is 18.0 Å². The average Bonchev–Trinajstić information content (AvgIpc) is 3.29. The Labute approximate surface area is 217 Å². The Balaban J connectivity index is 1.46. The molecule has 9 nitrogen and oxygen atoms in total. The summed E-state index contributed by atoms with van der Waals surface area (Å²) in [5.74, 6) is -0.661. The molecule has 10 heteroatoms. The molecule has 1 aliphatic carbocycles. The van der Waals surface area contributed by atoms with Gasteiger partial charge in [0, 0.05) is 23.0 Å². The number of aromatic nitrogens is 2. The Morgan fingerprint density at radius 1 is 1.19 bits per heavy atom. The van der Waals surface area contributed by atoms with E-state index in [1.165, 1.54) is 0 Å². The Bertz CT molecular complexity index is 1530. The van der Waals surface area contributed by atoms with E-state index in [0.717, 1.165) is 19.3 Å². The molecule has 3 atom stereocenters. The first kappa shape index (κ1) is 25.0. The lowest BCUT2D eigenvalue weighted by Gasteiger charge is -2.32. The number of ether oxygens (including phenoxy) is 1. The molecule has 4 aromatic rings. The molecule has 0 saturated heterocycles. The number of nitrogens with one attached hydrogen (secondary N) is 1. The van der Waals surface area contributed by atoms with Crippen LogP contribution in [-0.2, 0) is 14.3 Å². The van der Waals surface area contributed by atoms with Gasteiger partial charge in [-0.3, -0.25) is 14.4 Å². The molecule has 2 aromatic heterocycles. The minimum atomic E-state index is -1.11. The van der Waals surface area contributed by atoms with Crippen molar-refractivity contribution in [2.24, 2.45) is 5.73 Å². The number of aryl methyl sites for hydroxylation is 1. The van der Waals surface area contributed by atoms with Crippen molar-refractivity contribution in [2.75, 3.05) is 6.54 Å². The molecular weight excluding hydrogens is 496 g/mol. The second kappa shape index (κ2) is 10.4. The molecule has 1 amide bonds. The van der Waals surface area contributed by atoms with Crippen LogP contribution in [0.4, 0.5) is 0 Å². The zero-order valence-electron chi connectivity index (χ0n) is 20.3. The van der Waals surface area contributed by atoms with Crippen molar-refractivity contribution in [1.82, 2.24) is 15.0 Å². The van der Waals surface area contributed by atoms with Gasteiger partial charge in [-0.05, 0) is 44.7 Å². The summed E-state index contributed by atoms with van der Waals surface area (Å²) in [4.78, 5) is 38.9. The molecule has 1 fully saturated rings. The zero-order valence-corrected chi connectivity index (χ0v) is 21.0. The molecule has 1 saturated carbocycles. The minimum Gasteiger partial charge on any atom is -0.446 e. The van der Waals surface area contributed by atoms with Crippen LogP contribution in [0.2, 0.25) is 5.02 Å². The van der Waals surface area contributed by atoms with Crippen molar-refractivity contribution >= 4 is 45.3 Å². The maximum absolute atomic E-state index is 13.7. The van der Waals surface area contributed by atoms with Crippen molar-refractivity contribution < 1.29 is 18.8 Å². The average molecular weight is 523 g/mol. The van der Waals surface area contributed by atoms with Crippen molar-refractivity contribution in [3.63, 3.8) is 0 Å². The van der Waals surface area contributed by atoms with Gasteiger partial charge in [0.05, 0.1) is 17.1 Å². The molecular formula is C27H27ClN4O5. The molecule has 2 heterocycles. The summed E-state index contributed by atoms with van der Waals surface area (Å²) >= 11 is 6.55. The largest absolute Gasteiger partial charge is 0.446 e. The summed E-state index contributed by atoms with van der Waals surface area (Å²) in [7, 11) is 0. The number of nitrogens with zero attached hydrogens (tertiary/aromatic N) is 2. The number of pyridine rings is 1. The fraction of sp³-hybridized carbons (Fsp3) is 0.333. The van der Waals surface area contributed by atoms with Crippen LogP contribution in [0.15, 0.2) is 57.8 Å². The van der Waals surface area contributed by atoms with Crippen molar-refractivity contribution in [3.05, 3.63) is 75.2 Å². The fourth-order valence-corrected chi connectivity index (χ4v) is 5.48. The zero-order chi connectivity index (χ0) is 26.1. The molecule has 0 spiro atoms. The van der Waals surface area contributed by atoms with Gasteiger partial charge in [0.25, 0.3) is 11.5 Å². The second-order valence-electron chi connectivity index (χ2n) is 9.28. The number of benzene rings is 2. The molecule has 37 heavy (non-hydrogen) atoms. The summed E-state index contributed by atoms with van der Waals surface area (Å²) in [5.41, 5.74) is 6.91. The van der Waals surface area contributed by atoms with Gasteiger partial charge >= 0.3 is 5.97 Å². The number of rotatable bonds is 6. The molecule has 0 radical (unpaired) electrons. The second-order valence-corrected chi connectivity index (χ2v) is 9.69. The van der Waals surface area contributed by atoms with E-state index in [2.05, 4.69) is 10.5 Å². The Morgan fingerprint density at radius 2 is 1.97 bits per heavy atom. The molecule has 0 bridgehead atoms. The third-order valence-corrected chi connectivity index (χ3v) is 7.21. The lowest BCUT2D eigenvalue weighted by molar-refractivity contribution is -0.155.